The van der Waals surface area contributed by atoms with Crippen molar-refractivity contribution in [2.45, 2.75) is 32.2 Å². The summed E-state index contributed by atoms with van der Waals surface area (Å²) in [6.45, 7) is 3.23. The van der Waals surface area contributed by atoms with Crippen molar-refractivity contribution in [3.05, 3.63) is 6.07 Å². The molecule has 1 fully saturated rings. The van der Waals surface area contributed by atoms with Crippen molar-refractivity contribution >= 4 is 29.1 Å². The fourth-order valence-corrected chi connectivity index (χ4v) is 2.41. The van der Waals surface area contributed by atoms with Crippen LogP contribution in [0.1, 0.15) is 26.2 Å². The van der Waals surface area contributed by atoms with Crippen LogP contribution >= 0.6 is 12.2 Å². The van der Waals surface area contributed by atoms with Crippen LogP contribution in [0.5, 0.6) is 5.88 Å². The number of rotatable bonds is 3. The summed E-state index contributed by atoms with van der Waals surface area (Å²) < 4.78 is 5.26. The van der Waals surface area contributed by atoms with Gasteiger partial charge in [-0.15, -0.1) is 0 Å². The second-order valence-corrected chi connectivity index (χ2v) is 5.24. The topological polar surface area (TPSA) is 62.3 Å². The molecule has 6 nitrogen and oxygen atoms in total. The van der Waals surface area contributed by atoms with Crippen LogP contribution in [0.3, 0.4) is 0 Å². The van der Waals surface area contributed by atoms with Crippen LogP contribution in [0.4, 0.5) is 11.8 Å². The largest absolute Gasteiger partial charge is 0.481 e. The van der Waals surface area contributed by atoms with Crippen LogP contribution in [-0.4, -0.2) is 41.8 Å². The monoisotopic (exact) mass is 295 g/mol. The summed E-state index contributed by atoms with van der Waals surface area (Å²) in [6, 6.07) is 2.35. The van der Waals surface area contributed by atoms with E-state index in [2.05, 4.69) is 32.4 Å². The SMILES string of the molecule is CNC(=S)Nc1nc(OC)cc(N2CCCCC2C)n1. The molecule has 1 unspecified atom stereocenters. The zero-order valence-electron chi connectivity index (χ0n) is 12.1. The first-order chi connectivity index (χ1) is 9.63. The molecule has 20 heavy (non-hydrogen) atoms. The molecule has 0 radical (unpaired) electrons. The van der Waals surface area contributed by atoms with E-state index in [1.165, 1.54) is 19.3 Å². The van der Waals surface area contributed by atoms with Gasteiger partial charge in [-0.2, -0.15) is 9.97 Å². The van der Waals surface area contributed by atoms with E-state index >= 15 is 0 Å². The lowest BCUT2D eigenvalue weighted by atomic mass is 10.0. The molecule has 2 rings (SSSR count). The van der Waals surface area contributed by atoms with E-state index in [-0.39, 0.29) is 0 Å². The fraction of sp³-hybridized carbons (Fsp3) is 0.615. The average Bonchev–Trinajstić information content (AvgIpc) is 2.47. The molecule has 1 atom stereocenters. The second kappa shape index (κ2) is 6.69. The molecule has 2 N–H and O–H groups in total. The number of methoxy groups -OCH3 is 1. The molecular weight excluding hydrogens is 274 g/mol. The third-order valence-corrected chi connectivity index (χ3v) is 3.75. The van der Waals surface area contributed by atoms with E-state index in [0.29, 0.717) is 23.0 Å². The van der Waals surface area contributed by atoms with Gasteiger partial charge in [0.15, 0.2) is 5.11 Å². The van der Waals surface area contributed by atoms with Gasteiger partial charge in [0, 0.05) is 25.7 Å². The maximum atomic E-state index is 5.26. The summed E-state index contributed by atoms with van der Waals surface area (Å²) in [6.07, 6.45) is 3.65. The highest BCUT2D eigenvalue weighted by Gasteiger charge is 2.21. The quantitative estimate of drug-likeness (QED) is 0.824. The Morgan fingerprint density at radius 2 is 2.25 bits per heavy atom. The number of ether oxygens (including phenoxy) is 1. The predicted octanol–water partition coefficient (Wildman–Crippen LogP) is 1.78. The van der Waals surface area contributed by atoms with Gasteiger partial charge in [0.05, 0.1) is 7.11 Å². The molecule has 0 aliphatic carbocycles. The molecule has 1 aromatic heterocycles. The van der Waals surface area contributed by atoms with E-state index < -0.39 is 0 Å². The van der Waals surface area contributed by atoms with Gasteiger partial charge in [-0.3, -0.25) is 0 Å². The number of anilines is 2. The molecule has 7 heteroatoms. The average molecular weight is 295 g/mol. The van der Waals surface area contributed by atoms with Gasteiger partial charge in [-0.1, -0.05) is 0 Å². The van der Waals surface area contributed by atoms with E-state index in [1.54, 1.807) is 14.2 Å². The smallest absolute Gasteiger partial charge is 0.234 e. The Hall–Kier alpha value is -1.63. The Labute approximate surface area is 124 Å². The highest BCUT2D eigenvalue weighted by atomic mass is 32.1. The Balaban J connectivity index is 2.27. The third kappa shape index (κ3) is 3.47. The summed E-state index contributed by atoms with van der Waals surface area (Å²) in [5, 5.41) is 6.28. The Kier molecular flexibility index (Phi) is 4.94. The van der Waals surface area contributed by atoms with Gasteiger partial charge >= 0.3 is 0 Å². The molecule has 1 aromatic rings. The third-order valence-electron chi connectivity index (χ3n) is 3.45. The normalized spacial score (nSPS) is 18.6. The minimum absolute atomic E-state index is 0.455. The van der Waals surface area contributed by atoms with Crippen LogP contribution in [0, 0.1) is 0 Å². The molecule has 1 aliphatic heterocycles. The molecule has 0 saturated carbocycles. The van der Waals surface area contributed by atoms with Crippen LogP contribution in [0.15, 0.2) is 6.07 Å². The number of nitrogens with one attached hydrogen (secondary N) is 2. The van der Waals surface area contributed by atoms with Gasteiger partial charge in [0.25, 0.3) is 0 Å². The van der Waals surface area contributed by atoms with Gasteiger partial charge in [0.2, 0.25) is 11.8 Å². The van der Waals surface area contributed by atoms with Gasteiger partial charge in [-0.05, 0) is 38.4 Å². The summed E-state index contributed by atoms with van der Waals surface area (Å²) in [7, 11) is 3.36. The number of hydrogen-bond donors (Lipinski definition) is 2. The Bertz CT molecular complexity index is 482. The first-order valence-electron chi connectivity index (χ1n) is 6.82. The van der Waals surface area contributed by atoms with Crippen LogP contribution in [0.2, 0.25) is 0 Å². The van der Waals surface area contributed by atoms with E-state index in [1.807, 2.05) is 6.07 Å². The standard InChI is InChI=1S/C13H21N5OS/c1-9-6-4-5-7-18(9)10-8-11(19-3)16-12(15-10)17-13(20)14-2/h8-9H,4-7H2,1-3H3,(H2,14,15,16,17,20). The minimum Gasteiger partial charge on any atom is -0.481 e. The first-order valence-corrected chi connectivity index (χ1v) is 7.23. The minimum atomic E-state index is 0.455. The van der Waals surface area contributed by atoms with E-state index in [4.69, 9.17) is 17.0 Å². The molecule has 1 aliphatic rings. The van der Waals surface area contributed by atoms with Crippen molar-refractivity contribution < 1.29 is 4.74 Å². The number of thiocarbonyl (C=S) groups is 1. The van der Waals surface area contributed by atoms with E-state index in [9.17, 15) is 0 Å². The molecule has 110 valence electrons. The lowest BCUT2D eigenvalue weighted by molar-refractivity contribution is 0.396. The van der Waals surface area contributed by atoms with Crippen molar-refractivity contribution in [3.8, 4) is 5.88 Å². The zero-order chi connectivity index (χ0) is 14.5. The summed E-state index contributed by atoms with van der Waals surface area (Å²) in [5.74, 6) is 1.87. The van der Waals surface area contributed by atoms with Crippen molar-refractivity contribution in [3.63, 3.8) is 0 Å². The van der Waals surface area contributed by atoms with Gasteiger partial charge in [0.1, 0.15) is 5.82 Å². The molecule has 0 amide bonds. The molecular formula is C13H21N5OS. The van der Waals surface area contributed by atoms with Crippen LogP contribution < -0.4 is 20.3 Å². The highest BCUT2D eigenvalue weighted by molar-refractivity contribution is 7.80. The molecule has 2 heterocycles. The zero-order valence-corrected chi connectivity index (χ0v) is 13.0. The van der Waals surface area contributed by atoms with Gasteiger partial charge in [-0.25, -0.2) is 0 Å². The summed E-state index contributed by atoms with van der Waals surface area (Å²) >= 11 is 5.08. The Morgan fingerprint density at radius 1 is 1.45 bits per heavy atom. The number of aromatic nitrogens is 2. The lowest BCUT2D eigenvalue weighted by Gasteiger charge is -2.34. The van der Waals surface area contributed by atoms with Crippen molar-refractivity contribution in [2.75, 3.05) is 30.9 Å². The molecule has 1 saturated heterocycles. The maximum absolute atomic E-state index is 5.26. The van der Waals surface area contributed by atoms with Crippen molar-refractivity contribution in [2.24, 2.45) is 0 Å². The predicted molar refractivity (Wildman–Crippen MR) is 84.5 cm³/mol. The molecule has 0 spiro atoms. The number of nitrogens with zero attached hydrogens (tertiary/aromatic N) is 3. The number of piperidine rings is 1. The molecule has 0 aromatic carbocycles. The van der Waals surface area contributed by atoms with E-state index in [0.717, 1.165) is 12.4 Å². The fourth-order valence-electron chi connectivity index (χ4n) is 2.32. The lowest BCUT2D eigenvalue weighted by Crippen LogP contribution is -2.38. The Morgan fingerprint density at radius 3 is 2.90 bits per heavy atom. The number of hydrogen-bond acceptors (Lipinski definition) is 5. The first kappa shape index (κ1) is 14.8. The summed E-state index contributed by atoms with van der Waals surface area (Å²) in [5.41, 5.74) is 0. The van der Waals surface area contributed by atoms with Crippen LogP contribution in [0.25, 0.3) is 0 Å². The van der Waals surface area contributed by atoms with Crippen molar-refractivity contribution in [1.29, 1.82) is 0 Å². The summed E-state index contributed by atoms with van der Waals surface area (Å²) in [4.78, 5) is 11.1. The van der Waals surface area contributed by atoms with Crippen molar-refractivity contribution in [1.82, 2.24) is 15.3 Å². The molecule has 0 bridgehead atoms. The maximum Gasteiger partial charge on any atom is 0.234 e. The van der Waals surface area contributed by atoms with Crippen LogP contribution in [-0.2, 0) is 0 Å². The highest BCUT2D eigenvalue weighted by Crippen LogP contribution is 2.26. The van der Waals surface area contributed by atoms with Gasteiger partial charge < -0.3 is 20.3 Å². The second-order valence-electron chi connectivity index (χ2n) is 4.83.